The first-order valence-electron chi connectivity index (χ1n) is 7.30. The molecular formula is C15H30. The summed E-state index contributed by atoms with van der Waals surface area (Å²) in [6, 6.07) is 0. The highest BCUT2D eigenvalue weighted by molar-refractivity contribution is 4.70. The second-order valence-corrected chi connectivity index (χ2v) is 5.55. The van der Waals surface area contributed by atoms with Crippen molar-refractivity contribution in [3.8, 4) is 0 Å². The molecule has 0 saturated heterocycles. The van der Waals surface area contributed by atoms with Crippen LogP contribution in [0, 0.1) is 17.8 Å². The Bertz CT molecular complexity index is 110. The van der Waals surface area contributed by atoms with Crippen molar-refractivity contribution in [2.75, 3.05) is 0 Å². The van der Waals surface area contributed by atoms with Crippen molar-refractivity contribution >= 4 is 0 Å². The highest BCUT2D eigenvalue weighted by Gasteiger charge is 2.18. The molecule has 0 aliphatic heterocycles. The molecule has 90 valence electrons. The van der Waals surface area contributed by atoms with E-state index in [4.69, 9.17) is 0 Å². The van der Waals surface area contributed by atoms with Crippen molar-refractivity contribution in [3.63, 3.8) is 0 Å². The van der Waals surface area contributed by atoms with E-state index < -0.39 is 0 Å². The van der Waals surface area contributed by atoms with E-state index in [9.17, 15) is 0 Å². The Balaban J connectivity index is 2.47. The van der Waals surface area contributed by atoms with Crippen LogP contribution in [0.1, 0.15) is 78.6 Å². The van der Waals surface area contributed by atoms with Crippen LogP contribution in [0.2, 0.25) is 0 Å². The zero-order chi connectivity index (χ0) is 11.1. The van der Waals surface area contributed by atoms with Crippen LogP contribution in [-0.4, -0.2) is 0 Å². The van der Waals surface area contributed by atoms with Crippen LogP contribution in [0.5, 0.6) is 0 Å². The van der Waals surface area contributed by atoms with Gasteiger partial charge in [0.1, 0.15) is 0 Å². The maximum absolute atomic E-state index is 2.38. The molecule has 0 aromatic carbocycles. The summed E-state index contributed by atoms with van der Waals surface area (Å²) in [5.74, 6) is 3.10. The van der Waals surface area contributed by atoms with E-state index in [1.807, 2.05) is 0 Å². The van der Waals surface area contributed by atoms with Gasteiger partial charge in [-0.15, -0.1) is 0 Å². The lowest BCUT2D eigenvalue weighted by atomic mass is 9.90. The normalized spacial score (nSPS) is 34.2. The fraction of sp³-hybridized carbons (Fsp3) is 1.00. The van der Waals surface area contributed by atoms with Crippen LogP contribution in [0.4, 0.5) is 0 Å². The smallest absolute Gasteiger partial charge is 0.0417 e. The second kappa shape index (κ2) is 7.30. The van der Waals surface area contributed by atoms with Gasteiger partial charge < -0.3 is 0 Å². The first-order chi connectivity index (χ1) is 7.30. The third kappa shape index (κ3) is 4.57. The maximum atomic E-state index is 2.38. The Morgan fingerprint density at radius 1 is 0.533 bits per heavy atom. The molecule has 1 aliphatic rings. The SMILES string of the molecule is CCC1CCC(CC)CCC(CC)CC1. The molecule has 0 aromatic rings. The lowest BCUT2D eigenvalue weighted by Gasteiger charge is -2.16. The Hall–Kier alpha value is 0. The van der Waals surface area contributed by atoms with Crippen molar-refractivity contribution in [1.82, 2.24) is 0 Å². The van der Waals surface area contributed by atoms with Gasteiger partial charge in [0.05, 0.1) is 0 Å². The molecular weight excluding hydrogens is 180 g/mol. The number of rotatable bonds is 3. The molecule has 1 saturated carbocycles. The summed E-state index contributed by atoms with van der Waals surface area (Å²) in [6.45, 7) is 7.14. The van der Waals surface area contributed by atoms with Crippen LogP contribution in [-0.2, 0) is 0 Å². The molecule has 0 atom stereocenters. The zero-order valence-corrected chi connectivity index (χ0v) is 11.1. The molecule has 0 bridgehead atoms. The molecule has 15 heavy (non-hydrogen) atoms. The molecule has 0 nitrogen and oxygen atoms in total. The highest BCUT2D eigenvalue weighted by Crippen LogP contribution is 2.32. The average Bonchev–Trinajstić information content (AvgIpc) is 2.38. The fourth-order valence-corrected chi connectivity index (χ4v) is 3.07. The molecule has 0 radical (unpaired) electrons. The van der Waals surface area contributed by atoms with Gasteiger partial charge in [-0.25, -0.2) is 0 Å². The van der Waals surface area contributed by atoms with Gasteiger partial charge in [0.2, 0.25) is 0 Å². The van der Waals surface area contributed by atoms with Crippen molar-refractivity contribution in [2.45, 2.75) is 78.6 Å². The van der Waals surface area contributed by atoms with Crippen molar-refractivity contribution in [1.29, 1.82) is 0 Å². The molecule has 1 aliphatic carbocycles. The summed E-state index contributed by atoms with van der Waals surface area (Å²) in [5.41, 5.74) is 0. The van der Waals surface area contributed by atoms with Crippen molar-refractivity contribution in [3.05, 3.63) is 0 Å². The maximum Gasteiger partial charge on any atom is -0.0417 e. The fourth-order valence-electron chi connectivity index (χ4n) is 3.07. The van der Waals surface area contributed by atoms with E-state index in [2.05, 4.69) is 20.8 Å². The molecule has 0 spiro atoms. The van der Waals surface area contributed by atoms with Gasteiger partial charge in [-0.3, -0.25) is 0 Å². The van der Waals surface area contributed by atoms with Crippen molar-refractivity contribution < 1.29 is 0 Å². The zero-order valence-electron chi connectivity index (χ0n) is 11.1. The molecule has 0 heteroatoms. The molecule has 1 fully saturated rings. The van der Waals surface area contributed by atoms with E-state index in [1.165, 1.54) is 57.8 Å². The largest absolute Gasteiger partial charge is 0.0651 e. The lowest BCUT2D eigenvalue weighted by Crippen LogP contribution is -2.02. The first kappa shape index (κ1) is 13.1. The molecule has 0 unspecified atom stereocenters. The molecule has 0 N–H and O–H groups in total. The predicted molar refractivity (Wildman–Crippen MR) is 69.0 cm³/mol. The van der Waals surface area contributed by atoms with Crippen LogP contribution < -0.4 is 0 Å². The Morgan fingerprint density at radius 3 is 0.867 bits per heavy atom. The Kier molecular flexibility index (Phi) is 6.36. The van der Waals surface area contributed by atoms with Gasteiger partial charge >= 0.3 is 0 Å². The summed E-state index contributed by atoms with van der Waals surface area (Å²) in [6.07, 6.45) is 13.3. The third-order valence-corrected chi connectivity index (χ3v) is 4.68. The Morgan fingerprint density at radius 2 is 0.733 bits per heavy atom. The van der Waals surface area contributed by atoms with E-state index in [0.717, 1.165) is 17.8 Å². The first-order valence-corrected chi connectivity index (χ1v) is 7.30. The summed E-state index contributed by atoms with van der Waals surface area (Å²) < 4.78 is 0. The topological polar surface area (TPSA) is 0 Å². The summed E-state index contributed by atoms with van der Waals surface area (Å²) >= 11 is 0. The van der Waals surface area contributed by atoms with Crippen molar-refractivity contribution in [2.24, 2.45) is 17.8 Å². The van der Waals surface area contributed by atoms with E-state index in [1.54, 1.807) is 0 Å². The summed E-state index contributed by atoms with van der Waals surface area (Å²) in [4.78, 5) is 0. The van der Waals surface area contributed by atoms with Gasteiger partial charge in [-0.2, -0.15) is 0 Å². The number of hydrogen-bond acceptors (Lipinski definition) is 0. The van der Waals surface area contributed by atoms with Gasteiger partial charge in [0.25, 0.3) is 0 Å². The quantitative estimate of drug-likeness (QED) is 0.583. The summed E-state index contributed by atoms with van der Waals surface area (Å²) in [7, 11) is 0. The Labute approximate surface area is 96.8 Å². The molecule has 1 rings (SSSR count). The van der Waals surface area contributed by atoms with E-state index in [-0.39, 0.29) is 0 Å². The minimum Gasteiger partial charge on any atom is -0.0651 e. The van der Waals surface area contributed by atoms with Gasteiger partial charge in [-0.1, -0.05) is 78.6 Å². The van der Waals surface area contributed by atoms with Crippen LogP contribution >= 0.6 is 0 Å². The molecule has 0 heterocycles. The van der Waals surface area contributed by atoms with Gasteiger partial charge in [0, 0.05) is 0 Å². The highest BCUT2D eigenvalue weighted by atomic mass is 14.2. The predicted octanol–water partition coefficient (Wildman–Crippen LogP) is 5.42. The van der Waals surface area contributed by atoms with Crippen LogP contribution in [0.3, 0.4) is 0 Å². The minimum absolute atomic E-state index is 1.03. The number of hydrogen-bond donors (Lipinski definition) is 0. The average molecular weight is 210 g/mol. The monoisotopic (exact) mass is 210 g/mol. The summed E-state index contributed by atoms with van der Waals surface area (Å²) in [5, 5.41) is 0. The standard InChI is InChI=1S/C15H30/c1-4-13-7-9-14(5-2)11-12-15(6-3)10-8-13/h13-15H,4-12H2,1-3H3. The van der Waals surface area contributed by atoms with Crippen LogP contribution in [0.25, 0.3) is 0 Å². The van der Waals surface area contributed by atoms with Gasteiger partial charge in [0.15, 0.2) is 0 Å². The van der Waals surface area contributed by atoms with Gasteiger partial charge in [-0.05, 0) is 17.8 Å². The van der Waals surface area contributed by atoms with E-state index in [0.29, 0.717) is 0 Å². The second-order valence-electron chi connectivity index (χ2n) is 5.55. The van der Waals surface area contributed by atoms with E-state index >= 15 is 0 Å². The van der Waals surface area contributed by atoms with Crippen LogP contribution in [0.15, 0.2) is 0 Å². The third-order valence-electron chi connectivity index (χ3n) is 4.68. The minimum atomic E-state index is 1.03. The lowest BCUT2D eigenvalue weighted by molar-refractivity contribution is 0.363. The molecule has 0 amide bonds. The molecule has 0 aromatic heterocycles.